The zero-order valence-electron chi connectivity index (χ0n) is 27.6. The molecule has 1 unspecified atom stereocenters. The number of anilines is 1. The number of amides is 2. The maximum atomic E-state index is 12.2. The van der Waals surface area contributed by atoms with E-state index in [9.17, 15) is 29.5 Å². The maximum absolute atomic E-state index is 12.2. The smallest absolute Gasteiger partial charge is 0.388 e. The molecule has 2 saturated heterocycles. The minimum absolute atomic E-state index is 0.139. The van der Waals surface area contributed by atoms with E-state index in [1.54, 1.807) is 6.92 Å². The third-order valence-electron chi connectivity index (χ3n) is 7.90. The zero-order valence-corrected chi connectivity index (χ0v) is 28.5. The molecule has 2 aliphatic heterocycles. The van der Waals surface area contributed by atoms with E-state index in [1.165, 1.54) is 24.1 Å². The molecule has 2 aromatic rings. The number of fused-ring (bicyclic) bond motifs is 1. The first kappa shape index (κ1) is 39.7. The third kappa shape index (κ3) is 11.0. The molecular weight excluding hydrogens is 689 g/mol. The van der Waals surface area contributed by atoms with Gasteiger partial charge < -0.3 is 60.1 Å². The summed E-state index contributed by atoms with van der Waals surface area (Å²) in [5.41, 5.74) is 6.52. The largest absolute Gasteiger partial charge is 0.694 e. The van der Waals surface area contributed by atoms with Gasteiger partial charge in [-0.25, -0.2) is 15.0 Å². The Morgan fingerprint density at radius 2 is 1.80 bits per heavy atom. The number of nitrogens with zero attached hydrogens (tertiary/aromatic N) is 4. The lowest BCUT2D eigenvalue weighted by atomic mass is 9.97. The summed E-state index contributed by atoms with van der Waals surface area (Å²) in [5.74, 6) is -0.417. The first-order chi connectivity index (χ1) is 24.0. The Labute approximate surface area is 287 Å². The van der Waals surface area contributed by atoms with Gasteiger partial charge in [-0.05, 0) is 19.8 Å². The molecule has 4 rings (SSSR count). The van der Waals surface area contributed by atoms with Crippen LogP contribution >= 0.6 is 8.25 Å². The number of aromatic nitrogens is 4. The van der Waals surface area contributed by atoms with Crippen LogP contribution in [0.4, 0.5) is 5.82 Å². The van der Waals surface area contributed by atoms with E-state index < -0.39 is 69.3 Å². The Bertz CT molecular complexity index is 1410. The average Bonchev–Trinajstić information content (AvgIpc) is 3.64. The quantitative estimate of drug-likeness (QED) is 0.0439. The summed E-state index contributed by atoms with van der Waals surface area (Å²) < 4.78 is 51.2. The molecule has 0 aliphatic carbocycles. The minimum Gasteiger partial charge on any atom is -0.388 e. The number of aliphatic hydroxyl groups excluding tert-OH is 3. The normalized spacial score (nSPS) is 28.5. The fraction of sp³-hybridized carbons (Fsp3) is 0.750. The van der Waals surface area contributed by atoms with Crippen molar-refractivity contribution < 1.29 is 67.3 Å². The summed E-state index contributed by atoms with van der Waals surface area (Å²) in [6.45, 7) is 3.33. The van der Waals surface area contributed by atoms with E-state index in [0.29, 0.717) is 24.0 Å². The molecule has 2 amide bonds. The van der Waals surface area contributed by atoms with Gasteiger partial charge in [-0.3, -0.25) is 14.2 Å². The highest BCUT2D eigenvalue weighted by atomic mass is 31.1. The number of nitrogens with two attached hydrogens (primary N) is 1. The summed E-state index contributed by atoms with van der Waals surface area (Å²) in [5, 5.41) is 36.5. The first-order valence-electron chi connectivity index (χ1n) is 16.0. The molecular formula is C28H45N7O14P+. The fourth-order valence-electron chi connectivity index (χ4n) is 5.36. The standard InChI is InChI=1S/C28H44N7O14P/c1-15-21(38)23(40)19(34-16(2)36)28(48-15)45-7-4-3-5-18(37)30-6-8-43-9-10-44-14-46-24-22(39)17(11-47-50(41)42)49-27(24)35-13-33-20-25(29)31-12-32-26(20)35/h12-13,15,17,19,21-24,27-28,38-40H,3-11,14H2,1-2H3,(H4-,29,30,31,32,34,36,37,41,42)/p+1/t15-,17+,19-,21+,22+,23-,24+,27+,28-/m0/s1. The number of aliphatic hydroxyl groups is 3. The lowest BCUT2D eigenvalue weighted by Crippen LogP contribution is -2.63. The van der Waals surface area contributed by atoms with Crippen LogP contribution in [0, 0.1) is 0 Å². The van der Waals surface area contributed by atoms with Crippen molar-refractivity contribution in [2.45, 2.75) is 88.3 Å². The zero-order chi connectivity index (χ0) is 36.2. The number of hydrogen-bond donors (Lipinski definition) is 7. The summed E-state index contributed by atoms with van der Waals surface area (Å²) >= 11 is 0. The predicted molar refractivity (Wildman–Crippen MR) is 169 cm³/mol. The van der Waals surface area contributed by atoms with Gasteiger partial charge in [-0.1, -0.05) is 0 Å². The van der Waals surface area contributed by atoms with Crippen molar-refractivity contribution in [1.82, 2.24) is 30.2 Å². The Balaban J connectivity index is 1.08. The molecule has 0 spiro atoms. The van der Waals surface area contributed by atoms with Crippen LogP contribution in [-0.2, 0) is 47.1 Å². The minimum atomic E-state index is -2.91. The Morgan fingerprint density at radius 3 is 2.56 bits per heavy atom. The lowest BCUT2D eigenvalue weighted by Gasteiger charge is -2.41. The molecule has 0 radical (unpaired) electrons. The number of imidazole rings is 1. The molecule has 8 N–H and O–H groups in total. The molecule has 50 heavy (non-hydrogen) atoms. The van der Waals surface area contributed by atoms with E-state index in [0.717, 1.165) is 0 Å². The molecule has 0 bridgehead atoms. The highest BCUT2D eigenvalue weighted by molar-refractivity contribution is 7.32. The lowest BCUT2D eigenvalue weighted by molar-refractivity contribution is -0.260. The number of rotatable bonds is 20. The molecule has 2 aromatic heterocycles. The van der Waals surface area contributed by atoms with E-state index in [2.05, 4.69) is 25.6 Å². The Morgan fingerprint density at radius 1 is 1.02 bits per heavy atom. The maximum Gasteiger partial charge on any atom is 0.694 e. The van der Waals surface area contributed by atoms with Gasteiger partial charge in [0.05, 0.1) is 32.3 Å². The van der Waals surface area contributed by atoms with Gasteiger partial charge in [0.15, 0.2) is 24.0 Å². The number of hydrogen-bond acceptors (Lipinski definition) is 17. The molecule has 4 heterocycles. The number of carbonyl (C=O) groups excluding carboxylic acids is 2. The first-order valence-corrected chi connectivity index (χ1v) is 17.1. The van der Waals surface area contributed by atoms with Crippen LogP contribution in [0.2, 0.25) is 0 Å². The summed E-state index contributed by atoms with van der Waals surface area (Å²) in [6.07, 6.45) is -4.30. The van der Waals surface area contributed by atoms with Crippen LogP contribution in [0.5, 0.6) is 0 Å². The second-order valence-electron chi connectivity index (χ2n) is 11.5. The van der Waals surface area contributed by atoms with Crippen molar-refractivity contribution in [3.63, 3.8) is 0 Å². The number of nitrogen functional groups attached to an aromatic ring is 1. The van der Waals surface area contributed by atoms with Gasteiger partial charge in [0.1, 0.15) is 61.8 Å². The van der Waals surface area contributed by atoms with Crippen LogP contribution in [0.1, 0.15) is 39.3 Å². The fourth-order valence-corrected chi connectivity index (χ4v) is 5.63. The van der Waals surface area contributed by atoms with Crippen molar-refractivity contribution >= 4 is 37.1 Å². The summed E-state index contributed by atoms with van der Waals surface area (Å²) in [6, 6.07) is -0.922. The molecule has 0 saturated carbocycles. The molecule has 22 heteroatoms. The number of ether oxygens (including phenoxy) is 6. The average molecular weight is 735 g/mol. The summed E-state index contributed by atoms with van der Waals surface area (Å²) in [7, 11) is -2.91. The van der Waals surface area contributed by atoms with E-state index in [-0.39, 0.29) is 64.5 Å². The molecule has 10 atom stereocenters. The number of nitrogens with one attached hydrogen (secondary N) is 2. The highest BCUT2D eigenvalue weighted by Gasteiger charge is 2.48. The summed E-state index contributed by atoms with van der Waals surface area (Å²) in [4.78, 5) is 45.0. The number of carbonyl (C=O) groups is 2. The number of unbranched alkanes of at least 4 members (excludes halogenated alkanes) is 1. The monoisotopic (exact) mass is 734 g/mol. The molecule has 21 nitrogen and oxygen atoms in total. The molecule has 0 aromatic carbocycles. The SMILES string of the molecule is CC(=O)N[C@@H]1[C@@H](OCCCCC(=O)NCCOCCOCO[C@@H]2[C@H](O)[C@@H](CO[P+](=O)O)O[C@H]2n2cnc3c(N)ncnc32)O[C@@H](C)[C@@H](O)[C@H]1O. The predicted octanol–water partition coefficient (Wildman–Crippen LogP) is -2.02. The van der Waals surface area contributed by atoms with Gasteiger partial charge in [0.25, 0.3) is 0 Å². The van der Waals surface area contributed by atoms with Crippen LogP contribution < -0.4 is 16.4 Å². The topological polar surface area (TPSA) is 290 Å². The second kappa shape index (κ2) is 19.5. The van der Waals surface area contributed by atoms with Crippen molar-refractivity contribution in [2.24, 2.45) is 0 Å². The van der Waals surface area contributed by atoms with Gasteiger partial charge in [0, 0.05) is 31.1 Å². The highest BCUT2D eigenvalue weighted by Crippen LogP contribution is 2.35. The van der Waals surface area contributed by atoms with Crippen molar-refractivity contribution in [3.8, 4) is 0 Å². The molecule has 280 valence electrons. The second-order valence-corrected chi connectivity index (χ2v) is 12.3. The van der Waals surface area contributed by atoms with Crippen molar-refractivity contribution in [2.75, 3.05) is 52.1 Å². The molecule has 2 aliphatic rings. The molecule has 2 fully saturated rings. The van der Waals surface area contributed by atoms with Crippen LogP contribution in [0.15, 0.2) is 12.7 Å². The van der Waals surface area contributed by atoms with E-state index in [1.807, 2.05) is 0 Å². The van der Waals surface area contributed by atoms with Crippen LogP contribution in [0.3, 0.4) is 0 Å². The van der Waals surface area contributed by atoms with Crippen LogP contribution in [0.25, 0.3) is 11.2 Å². The van der Waals surface area contributed by atoms with Crippen molar-refractivity contribution in [3.05, 3.63) is 12.7 Å². The van der Waals surface area contributed by atoms with Gasteiger partial charge >= 0.3 is 8.25 Å². The Hall–Kier alpha value is -3.05. The van der Waals surface area contributed by atoms with Crippen LogP contribution in [-0.4, -0.2) is 147 Å². The van der Waals surface area contributed by atoms with Gasteiger partial charge in [-0.15, -0.1) is 9.42 Å². The van der Waals surface area contributed by atoms with Crippen molar-refractivity contribution in [1.29, 1.82) is 0 Å². The van der Waals surface area contributed by atoms with Gasteiger partial charge in [0.2, 0.25) is 11.8 Å². The van der Waals surface area contributed by atoms with E-state index in [4.69, 9.17) is 43.6 Å². The third-order valence-corrected chi connectivity index (χ3v) is 8.27. The van der Waals surface area contributed by atoms with E-state index >= 15 is 0 Å². The van der Waals surface area contributed by atoms with Gasteiger partial charge in [-0.2, -0.15) is 0 Å². The Kier molecular flexibility index (Phi) is 15.5.